The van der Waals surface area contributed by atoms with Gasteiger partial charge in [-0.05, 0) is 30.5 Å². The second-order valence-corrected chi connectivity index (χ2v) is 8.29. The Hall–Kier alpha value is -2.82. The van der Waals surface area contributed by atoms with Gasteiger partial charge in [0, 0.05) is 17.2 Å². The maximum absolute atomic E-state index is 13.4. The zero-order valence-electron chi connectivity index (χ0n) is 17.6. The number of nitrogens with one attached hydrogen (secondary N) is 1. The smallest absolute Gasteiger partial charge is 0.255 e. The summed E-state index contributed by atoms with van der Waals surface area (Å²) in [5, 5.41) is 3.27. The molecule has 1 unspecified atom stereocenters. The number of fused-ring (bicyclic) bond motifs is 1. The number of methoxy groups -OCH3 is 1. The second-order valence-electron chi connectivity index (χ2n) is 8.29. The summed E-state index contributed by atoms with van der Waals surface area (Å²) in [6.07, 6.45) is 8.08. The summed E-state index contributed by atoms with van der Waals surface area (Å²) in [6, 6.07) is 14.7. The van der Waals surface area contributed by atoms with E-state index in [9.17, 15) is 9.59 Å². The summed E-state index contributed by atoms with van der Waals surface area (Å²) in [6.45, 7) is 0.334. The average Bonchev–Trinajstić information content (AvgIpc) is 3.02. The van der Waals surface area contributed by atoms with Crippen LogP contribution in [0.1, 0.15) is 72.5 Å². The largest absolute Gasteiger partial charge is 0.496 e. The minimum absolute atomic E-state index is 0.0752. The molecule has 0 spiro atoms. The van der Waals surface area contributed by atoms with Crippen LogP contribution in [0.2, 0.25) is 0 Å². The summed E-state index contributed by atoms with van der Waals surface area (Å²) >= 11 is 0. The molecule has 2 aliphatic rings. The molecule has 1 atom stereocenters. The Morgan fingerprint density at radius 2 is 1.67 bits per heavy atom. The summed E-state index contributed by atoms with van der Waals surface area (Å²) in [5.41, 5.74) is 2.30. The van der Waals surface area contributed by atoms with Crippen LogP contribution in [-0.4, -0.2) is 29.9 Å². The molecule has 30 heavy (non-hydrogen) atoms. The zero-order chi connectivity index (χ0) is 20.9. The molecule has 1 fully saturated rings. The number of nitrogens with zero attached hydrogens (tertiary/aromatic N) is 1. The maximum Gasteiger partial charge on any atom is 0.255 e. The predicted octanol–water partition coefficient (Wildman–Crippen LogP) is 4.62. The fraction of sp³-hybridized carbons (Fsp3) is 0.440. The number of hydrogen-bond acceptors (Lipinski definition) is 3. The first-order chi connectivity index (χ1) is 14.7. The fourth-order valence-corrected chi connectivity index (χ4v) is 4.71. The zero-order valence-corrected chi connectivity index (χ0v) is 17.6. The van der Waals surface area contributed by atoms with Crippen LogP contribution in [0.25, 0.3) is 0 Å². The van der Waals surface area contributed by atoms with Gasteiger partial charge in [-0.2, -0.15) is 0 Å². The number of amides is 2. The average molecular weight is 407 g/mol. The van der Waals surface area contributed by atoms with E-state index in [1.165, 1.54) is 19.3 Å². The molecule has 5 nitrogen and oxygen atoms in total. The van der Waals surface area contributed by atoms with E-state index in [4.69, 9.17) is 4.74 Å². The third-order valence-electron chi connectivity index (χ3n) is 6.29. The molecule has 2 aromatic rings. The van der Waals surface area contributed by atoms with Crippen LogP contribution in [0, 0.1) is 0 Å². The molecule has 0 radical (unpaired) electrons. The van der Waals surface area contributed by atoms with Gasteiger partial charge in [0.1, 0.15) is 11.8 Å². The summed E-state index contributed by atoms with van der Waals surface area (Å²) in [4.78, 5) is 28.3. The van der Waals surface area contributed by atoms with Crippen LogP contribution in [0.3, 0.4) is 0 Å². The van der Waals surface area contributed by atoms with E-state index in [1.54, 1.807) is 12.0 Å². The standard InChI is InChI=1S/C25H30N2O3/c1-30-22-16-10-7-11-18(22)17-27-23(20-14-8-9-15-21(20)25(27)29)24(28)26-19-12-5-3-2-4-6-13-19/h7-11,14-16,19,23H,2-6,12-13,17H2,1H3,(H,26,28). The summed E-state index contributed by atoms with van der Waals surface area (Å²) in [7, 11) is 1.62. The highest BCUT2D eigenvalue weighted by Crippen LogP contribution is 2.36. The first-order valence-corrected chi connectivity index (χ1v) is 11.0. The van der Waals surface area contributed by atoms with Crippen molar-refractivity contribution in [3.8, 4) is 5.75 Å². The quantitative estimate of drug-likeness (QED) is 0.788. The van der Waals surface area contributed by atoms with Gasteiger partial charge in [0.25, 0.3) is 5.91 Å². The van der Waals surface area contributed by atoms with E-state index < -0.39 is 6.04 Å². The highest BCUT2D eigenvalue weighted by molar-refractivity contribution is 6.04. The van der Waals surface area contributed by atoms with Gasteiger partial charge < -0.3 is 15.0 Å². The lowest BCUT2D eigenvalue weighted by atomic mass is 9.96. The SMILES string of the molecule is COc1ccccc1CN1C(=O)c2ccccc2C1C(=O)NC1CCCCCCC1. The Morgan fingerprint density at radius 3 is 2.43 bits per heavy atom. The van der Waals surface area contributed by atoms with Crippen LogP contribution >= 0.6 is 0 Å². The van der Waals surface area contributed by atoms with Gasteiger partial charge >= 0.3 is 0 Å². The van der Waals surface area contributed by atoms with Gasteiger partial charge in [0.05, 0.1) is 13.7 Å². The van der Waals surface area contributed by atoms with E-state index in [0.717, 1.165) is 42.6 Å². The van der Waals surface area contributed by atoms with Gasteiger partial charge in [0.15, 0.2) is 0 Å². The van der Waals surface area contributed by atoms with E-state index in [1.807, 2.05) is 48.5 Å². The third kappa shape index (κ3) is 4.20. The van der Waals surface area contributed by atoms with Crippen molar-refractivity contribution in [3.05, 3.63) is 65.2 Å². The van der Waals surface area contributed by atoms with E-state index in [2.05, 4.69) is 5.32 Å². The topological polar surface area (TPSA) is 58.6 Å². The van der Waals surface area contributed by atoms with Gasteiger partial charge in [-0.15, -0.1) is 0 Å². The molecule has 5 heteroatoms. The third-order valence-corrected chi connectivity index (χ3v) is 6.29. The predicted molar refractivity (Wildman–Crippen MR) is 116 cm³/mol. The van der Waals surface area contributed by atoms with Gasteiger partial charge in [-0.25, -0.2) is 0 Å². The van der Waals surface area contributed by atoms with Crippen LogP contribution < -0.4 is 10.1 Å². The van der Waals surface area contributed by atoms with Gasteiger partial charge in [-0.3, -0.25) is 9.59 Å². The summed E-state index contributed by atoms with van der Waals surface area (Å²) < 4.78 is 5.47. The minimum atomic E-state index is -0.607. The Balaban J connectivity index is 1.60. The number of hydrogen-bond donors (Lipinski definition) is 1. The lowest BCUT2D eigenvalue weighted by molar-refractivity contribution is -0.126. The van der Waals surface area contributed by atoms with E-state index in [-0.39, 0.29) is 17.9 Å². The first-order valence-electron chi connectivity index (χ1n) is 11.0. The van der Waals surface area contributed by atoms with Gasteiger partial charge in [-0.1, -0.05) is 68.5 Å². The first kappa shape index (κ1) is 20.5. The number of benzene rings is 2. The van der Waals surface area contributed by atoms with Crippen LogP contribution in [-0.2, 0) is 11.3 Å². The Morgan fingerprint density at radius 1 is 1.00 bits per heavy atom. The molecule has 1 heterocycles. The van der Waals surface area contributed by atoms with Crippen molar-refractivity contribution in [1.82, 2.24) is 10.2 Å². The molecule has 1 aliphatic carbocycles. The highest BCUT2D eigenvalue weighted by Gasteiger charge is 2.41. The minimum Gasteiger partial charge on any atom is -0.496 e. The Bertz CT molecular complexity index is 903. The Kier molecular flexibility index (Phi) is 6.36. The van der Waals surface area contributed by atoms with Crippen LogP contribution in [0.15, 0.2) is 48.5 Å². The number of para-hydroxylation sites is 1. The molecular weight excluding hydrogens is 376 g/mol. The molecule has 0 saturated heterocycles. The monoisotopic (exact) mass is 406 g/mol. The highest BCUT2D eigenvalue weighted by atomic mass is 16.5. The van der Waals surface area contributed by atoms with Crippen molar-refractivity contribution in [1.29, 1.82) is 0 Å². The molecule has 1 saturated carbocycles. The van der Waals surface area contributed by atoms with Crippen molar-refractivity contribution in [3.63, 3.8) is 0 Å². The van der Waals surface area contributed by atoms with E-state index >= 15 is 0 Å². The van der Waals surface area contributed by atoms with Crippen molar-refractivity contribution in [2.75, 3.05) is 7.11 Å². The number of carbonyl (C=O) groups excluding carboxylic acids is 2. The van der Waals surface area contributed by atoms with Gasteiger partial charge in [0.2, 0.25) is 5.91 Å². The molecule has 2 amide bonds. The van der Waals surface area contributed by atoms with Crippen LogP contribution in [0.5, 0.6) is 5.75 Å². The molecule has 1 N–H and O–H groups in total. The van der Waals surface area contributed by atoms with Crippen molar-refractivity contribution in [2.24, 2.45) is 0 Å². The normalized spacial score (nSPS) is 19.7. The van der Waals surface area contributed by atoms with E-state index in [0.29, 0.717) is 12.1 Å². The number of carbonyl (C=O) groups is 2. The fourth-order valence-electron chi connectivity index (χ4n) is 4.71. The van der Waals surface area contributed by atoms with Crippen molar-refractivity contribution >= 4 is 11.8 Å². The van der Waals surface area contributed by atoms with Crippen LogP contribution in [0.4, 0.5) is 0 Å². The second kappa shape index (κ2) is 9.33. The molecular formula is C25H30N2O3. The van der Waals surface area contributed by atoms with Crippen molar-refractivity contribution in [2.45, 2.75) is 63.6 Å². The summed E-state index contributed by atoms with van der Waals surface area (Å²) in [5.74, 6) is 0.545. The Labute approximate surface area is 178 Å². The lowest BCUT2D eigenvalue weighted by Crippen LogP contribution is -2.43. The molecule has 0 bridgehead atoms. The lowest BCUT2D eigenvalue weighted by Gasteiger charge is -2.28. The number of rotatable bonds is 5. The molecule has 1 aliphatic heterocycles. The molecule has 0 aromatic heterocycles. The van der Waals surface area contributed by atoms with Crippen molar-refractivity contribution < 1.29 is 14.3 Å². The number of ether oxygens (including phenoxy) is 1. The molecule has 158 valence electrons. The molecule has 4 rings (SSSR count). The molecule has 2 aromatic carbocycles. The maximum atomic E-state index is 13.4.